The lowest BCUT2D eigenvalue weighted by Gasteiger charge is -2.14. The zero-order chi connectivity index (χ0) is 13.0. The predicted octanol–water partition coefficient (Wildman–Crippen LogP) is 2.52. The Morgan fingerprint density at radius 1 is 1.33 bits per heavy atom. The molecule has 18 heavy (non-hydrogen) atoms. The van der Waals surface area contributed by atoms with Crippen LogP contribution >= 0.6 is 11.6 Å². The molecule has 0 bridgehead atoms. The van der Waals surface area contributed by atoms with E-state index in [-0.39, 0.29) is 0 Å². The molecule has 1 aliphatic rings. The van der Waals surface area contributed by atoms with Crippen LogP contribution in [-0.2, 0) is 10.8 Å². The summed E-state index contributed by atoms with van der Waals surface area (Å²) >= 11 is 6.05. The van der Waals surface area contributed by atoms with Crippen LogP contribution in [0.4, 0.5) is 5.69 Å². The average Bonchev–Trinajstić information content (AvgIpc) is 2.82. The van der Waals surface area contributed by atoms with Gasteiger partial charge in [-0.2, -0.15) is 0 Å². The van der Waals surface area contributed by atoms with Crippen molar-refractivity contribution in [2.75, 3.05) is 31.1 Å². The van der Waals surface area contributed by atoms with Gasteiger partial charge < -0.3 is 10.6 Å². The maximum Gasteiger partial charge on any atom is 0.0803 e. The van der Waals surface area contributed by atoms with Crippen LogP contribution in [0.15, 0.2) is 23.1 Å². The van der Waals surface area contributed by atoms with Crippen LogP contribution in [-0.4, -0.2) is 34.5 Å². The first kappa shape index (κ1) is 13.8. The molecule has 2 N–H and O–H groups in total. The lowest BCUT2D eigenvalue weighted by molar-refractivity contribution is 0.340. The van der Waals surface area contributed by atoms with E-state index >= 15 is 0 Å². The van der Waals surface area contributed by atoms with E-state index in [1.54, 1.807) is 18.2 Å². The Hall–Kier alpha value is -0.580. The van der Waals surface area contributed by atoms with Crippen molar-refractivity contribution < 1.29 is 4.21 Å². The quantitative estimate of drug-likeness (QED) is 0.846. The number of hydrogen-bond acceptors (Lipinski definition) is 3. The number of hydrogen-bond donors (Lipinski definition) is 1. The van der Waals surface area contributed by atoms with Gasteiger partial charge >= 0.3 is 0 Å². The molecular formula is C13H19ClN2OS. The third-order valence-electron chi connectivity index (χ3n) is 3.23. The molecule has 1 aliphatic heterocycles. The maximum absolute atomic E-state index is 12.2. The predicted molar refractivity (Wildman–Crippen MR) is 77.4 cm³/mol. The second-order valence-corrected chi connectivity index (χ2v) is 6.52. The molecule has 1 aromatic rings. The Labute approximate surface area is 116 Å². The third-order valence-corrected chi connectivity index (χ3v) is 5.23. The van der Waals surface area contributed by atoms with Gasteiger partial charge in [-0.05, 0) is 51.0 Å². The Morgan fingerprint density at radius 2 is 2.06 bits per heavy atom. The number of likely N-dealkylation sites (tertiary alicyclic amines) is 1. The van der Waals surface area contributed by atoms with Crippen molar-refractivity contribution in [3.63, 3.8) is 0 Å². The van der Waals surface area contributed by atoms with Crippen molar-refractivity contribution >= 4 is 28.1 Å². The lowest BCUT2D eigenvalue weighted by atomic mass is 10.3. The van der Waals surface area contributed by atoms with Gasteiger partial charge in [-0.1, -0.05) is 17.7 Å². The van der Waals surface area contributed by atoms with E-state index in [2.05, 4.69) is 4.90 Å². The summed E-state index contributed by atoms with van der Waals surface area (Å²) in [6.07, 6.45) is 3.51. The van der Waals surface area contributed by atoms with E-state index in [1.807, 2.05) is 0 Å². The van der Waals surface area contributed by atoms with E-state index < -0.39 is 10.8 Å². The fraction of sp³-hybridized carbons (Fsp3) is 0.538. The van der Waals surface area contributed by atoms with Crippen LogP contribution in [0, 0.1) is 0 Å². The monoisotopic (exact) mass is 286 g/mol. The third kappa shape index (κ3) is 3.46. The number of rotatable bonds is 5. The maximum atomic E-state index is 12.2. The van der Waals surface area contributed by atoms with Gasteiger partial charge in [0.1, 0.15) is 0 Å². The molecule has 1 heterocycles. The number of nitrogens with zero attached hydrogens (tertiary/aromatic N) is 1. The Kier molecular flexibility index (Phi) is 5.03. The van der Waals surface area contributed by atoms with Crippen molar-refractivity contribution in [2.45, 2.75) is 24.2 Å². The second-order valence-electron chi connectivity index (χ2n) is 4.61. The molecule has 0 aromatic heterocycles. The molecule has 3 nitrogen and oxygen atoms in total. The molecule has 2 rings (SSSR count). The minimum absolute atomic E-state index is 0.509. The Morgan fingerprint density at radius 3 is 2.72 bits per heavy atom. The highest BCUT2D eigenvalue weighted by molar-refractivity contribution is 7.85. The van der Waals surface area contributed by atoms with Gasteiger partial charge in [0.25, 0.3) is 0 Å². The topological polar surface area (TPSA) is 46.3 Å². The summed E-state index contributed by atoms with van der Waals surface area (Å²) in [5.74, 6) is 0.629. The van der Waals surface area contributed by atoms with Crippen LogP contribution < -0.4 is 5.73 Å². The summed E-state index contributed by atoms with van der Waals surface area (Å²) in [5, 5.41) is 0.509. The molecule has 1 saturated heterocycles. The van der Waals surface area contributed by atoms with Crippen molar-refractivity contribution in [2.24, 2.45) is 0 Å². The van der Waals surface area contributed by atoms with Crippen LogP contribution in [0.3, 0.4) is 0 Å². The highest BCUT2D eigenvalue weighted by atomic mass is 35.5. The molecular weight excluding hydrogens is 268 g/mol. The Bertz CT molecular complexity index is 413. The van der Waals surface area contributed by atoms with Crippen molar-refractivity contribution in [3.05, 3.63) is 23.2 Å². The molecule has 0 saturated carbocycles. The van der Waals surface area contributed by atoms with Crippen LogP contribution in [0.25, 0.3) is 0 Å². The van der Waals surface area contributed by atoms with Gasteiger partial charge in [0.15, 0.2) is 0 Å². The van der Waals surface area contributed by atoms with E-state index in [0.29, 0.717) is 21.4 Å². The summed E-state index contributed by atoms with van der Waals surface area (Å²) in [7, 11) is -1.09. The zero-order valence-electron chi connectivity index (χ0n) is 10.4. The van der Waals surface area contributed by atoms with Crippen LogP contribution in [0.1, 0.15) is 19.3 Å². The molecule has 0 spiro atoms. The largest absolute Gasteiger partial charge is 0.398 e. The van der Waals surface area contributed by atoms with Gasteiger partial charge in [0.05, 0.1) is 20.7 Å². The molecule has 1 aromatic carbocycles. The Balaban J connectivity index is 1.87. The highest BCUT2D eigenvalue weighted by Crippen LogP contribution is 2.26. The summed E-state index contributed by atoms with van der Waals surface area (Å²) < 4.78 is 12.2. The van der Waals surface area contributed by atoms with E-state index in [1.165, 1.54) is 25.9 Å². The first-order valence-corrected chi connectivity index (χ1v) is 8.03. The van der Waals surface area contributed by atoms with Crippen LogP contribution in [0.2, 0.25) is 5.02 Å². The summed E-state index contributed by atoms with van der Waals surface area (Å²) in [4.78, 5) is 3.02. The van der Waals surface area contributed by atoms with Gasteiger partial charge in [-0.15, -0.1) is 0 Å². The van der Waals surface area contributed by atoms with Crippen molar-refractivity contribution in [1.29, 1.82) is 0 Å². The van der Waals surface area contributed by atoms with Gasteiger partial charge in [0, 0.05) is 11.4 Å². The number of benzene rings is 1. The molecule has 100 valence electrons. The normalized spacial score (nSPS) is 18.1. The molecule has 1 unspecified atom stereocenters. The number of nitrogens with two attached hydrogens (primary N) is 1. The van der Waals surface area contributed by atoms with E-state index in [9.17, 15) is 4.21 Å². The zero-order valence-corrected chi connectivity index (χ0v) is 12.0. The molecule has 5 heteroatoms. The number of nitrogen functional groups attached to an aromatic ring is 1. The minimum Gasteiger partial charge on any atom is -0.398 e. The molecule has 1 fully saturated rings. The second kappa shape index (κ2) is 6.55. The first-order chi connectivity index (χ1) is 8.68. The summed E-state index contributed by atoms with van der Waals surface area (Å²) in [6, 6.07) is 5.27. The van der Waals surface area contributed by atoms with Crippen molar-refractivity contribution in [1.82, 2.24) is 4.90 Å². The average molecular weight is 287 g/mol. The van der Waals surface area contributed by atoms with Gasteiger partial charge in [0.2, 0.25) is 0 Å². The number of anilines is 1. The SMILES string of the molecule is Nc1cccc(Cl)c1S(=O)CCCN1CCCC1. The molecule has 1 atom stereocenters. The molecule has 0 radical (unpaired) electrons. The van der Waals surface area contributed by atoms with E-state index in [4.69, 9.17) is 17.3 Å². The highest BCUT2D eigenvalue weighted by Gasteiger charge is 2.14. The molecule has 0 amide bonds. The molecule has 0 aliphatic carbocycles. The fourth-order valence-electron chi connectivity index (χ4n) is 2.29. The van der Waals surface area contributed by atoms with Crippen molar-refractivity contribution in [3.8, 4) is 0 Å². The number of halogens is 1. The van der Waals surface area contributed by atoms with Gasteiger partial charge in [-0.3, -0.25) is 4.21 Å². The van der Waals surface area contributed by atoms with Gasteiger partial charge in [-0.25, -0.2) is 0 Å². The minimum atomic E-state index is -1.09. The smallest absolute Gasteiger partial charge is 0.0803 e. The van der Waals surface area contributed by atoms with E-state index in [0.717, 1.165) is 13.0 Å². The summed E-state index contributed by atoms with van der Waals surface area (Å²) in [5.41, 5.74) is 6.36. The lowest BCUT2D eigenvalue weighted by Crippen LogP contribution is -2.21. The fourth-order valence-corrected chi connectivity index (χ4v) is 3.95. The summed E-state index contributed by atoms with van der Waals surface area (Å²) in [6.45, 7) is 3.39. The first-order valence-electron chi connectivity index (χ1n) is 6.33. The van der Waals surface area contributed by atoms with Crippen LogP contribution in [0.5, 0.6) is 0 Å². The standard InChI is InChI=1S/C13H19ClN2OS/c14-11-5-3-6-12(15)13(11)18(17)10-4-9-16-7-1-2-8-16/h3,5-6H,1-2,4,7-10,15H2.